The molecular formula is C18H31N. The Labute approximate surface area is 119 Å². The van der Waals surface area contributed by atoms with E-state index in [1.165, 1.54) is 24.0 Å². The first-order valence-electron chi connectivity index (χ1n) is 7.90. The van der Waals surface area contributed by atoms with Gasteiger partial charge in [0.1, 0.15) is 0 Å². The van der Waals surface area contributed by atoms with Crippen molar-refractivity contribution >= 4 is 0 Å². The predicted octanol–water partition coefficient (Wildman–Crippen LogP) is 4.94. The number of hydrogen-bond acceptors (Lipinski definition) is 1. The quantitative estimate of drug-likeness (QED) is 0.654. The van der Waals surface area contributed by atoms with Crippen LogP contribution in [0.2, 0.25) is 0 Å². The minimum atomic E-state index is 0.620. The van der Waals surface area contributed by atoms with E-state index < -0.39 is 0 Å². The summed E-state index contributed by atoms with van der Waals surface area (Å²) in [5, 5.41) is 3.59. The first kappa shape index (κ1) is 16.2. The van der Waals surface area contributed by atoms with Gasteiger partial charge in [0.2, 0.25) is 0 Å². The Morgan fingerprint density at radius 1 is 0.947 bits per heavy atom. The summed E-state index contributed by atoms with van der Waals surface area (Å²) < 4.78 is 0. The fourth-order valence-electron chi connectivity index (χ4n) is 2.49. The Balaban J connectivity index is 2.78. The molecule has 0 aliphatic rings. The van der Waals surface area contributed by atoms with Crippen LogP contribution in [0.3, 0.4) is 0 Å². The highest BCUT2D eigenvalue weighted by Gasteiger charge is 2.17. The first-order chi connectivity index (χ1) is 9.10. The molecule has 1 aromatic rings. The standard InChI is InChI=1S/C18H31N/c1-6-12-19-13-18(15(5)7-2)17-10-8-16(9-11-17)14(3)4/h8-11,14-15,18-19H,6-7,12-13H2,1-5H3. The highest BCUT2D eigenvalue weighted by molar-refractivity contribution is 5.27. The fraction of sp³-hybridized carbons (Fsp3) is 0.667. The monoisotopic (exact) mass is 261 g/mol. The summed E-state index contributed by atoms with van der Waals surface area (Å²) >= 11 is 0. The molecule has 2 unspecified atom stereocenters. The second-order valence-electron chi connectivity index (χ2n) is 6.02. The topological polar surface area (TPSA) is 12.0 Å². The molecule has 0 spiro atoms. The molecule has 0 aromatic heterocycles. The van der Waals surface area contributed by atoms with Crippen LogP contribution in [0.25, 0.3) is 0 Å². The van der Waals surface area contributed by atoms with E-state index in [2.05, 4.69) is 64.2 Å². The number of benzene rings is 1. The van der Waals surface area contributed by atoms with Crippen molar-refractivity contribution in [2.24, 2.45) is 5.92 Å². The SMILES string of the molecule is CCCNCC(c1ccc(C(C)C)cc1)C(C)CC. The number of rotatable bonds is 8. The summed E-state index contributed by atoms with van der Waals surface area (Å²) in [5.74, 6) is 1.99. The van der Waals surface area contributed by atoms with E-state index in [0.29, 0.717) is 11.8 Å². The van der Waals surface area contributed by atoms with Crippen LogP contribution in [0, 0.1) is 5.92 Å². The van der Waals surface area contributed by atoms with Crippen LogP contribution in [-0.4, -0.2) is 13.1 Å². The maximum atomic E-state index is 3.59. The molecule has 0 saturated heterocycles. The van der Waals surface area contributed by atoms with Crippen molar-refractivity contribution < 1.29 is 0 Å². The molecule has 19 heavy (non-hydrogen) atoms. The molecule has 0 amide bonds. The molecule has 1 N–H and O–H groups in total. The van der Waals surface area contributed by atoms with Crippen molar-refractivity contribution in [3.8, 4) is 0 Å². The first-order valence-corrected chi connectivity index (χ1v) is 7.90. The van der Waals surface area contributed by atoms with Gasteiger partial charge in [-0.25, -0.2) is 0 Å². The molecule has 0 heterocycles. The minimum absolute atomic E-state index is 0.620. The summed E-state index contributed by atoms with van der Waals surface area (Å²) in [7, 11) is 0. The van der Waals surface area contributed by atoms with Crippen molar-refractivity contribution in [3.63, 3.8) is 0 Å². The van der Waals surface area contributed by atoms with E-state index in [0.717, 1.165) is 19.0 Å². The Morgan fingerprint density at radius 3 is 2.00 bits per heavy atom. The highest BCUT2D eigenvalue weighted by atomic mass is 14.9. The maximum absolute atomic E-state index is 3.59. The second-order valence-corrected chi connectivity index (χ2v) is 6.02. The van der Waals surface area contributed by atoms with Gasteiger partial charge < -0.3 is 5.32 Å². The van der Waals surface area contributed by atoms with Gasteiger partial charge in [0.15, 0.2) is 0 Å². The molecule has 0 radical (unpaired) electrons. The van der Waals surface area contributed by atoms with Crippen LogP contribution < -0.4 is 5.32 Å². The lowest BCUT2D eigenvalue weighted by atomic mass is 9.84. The van der Waals surface area contributed by atoms with E-state index in [4.69, 9.17) is 0 Å². The van der Waals surface area contributed by atoms with Crippen LogP contribution in [0.5, 0.6) is 0 Å². The zero-order chi connectivity index (χ0) is 14.3. The van der Waals surface area contributed by atoms with Gasteiger partial charge in [0.05, 0.1) is 0 Å². The van der Waals surface area contributed by atoms with Crippen molar-refractivity contribution in [2.75, 3.05) is 13.1 Å². The average molecular weight is 261 g/mol. The van der Waals surface area contributed by atoms with Crippen LogP contribution in [0.1, 0.15) is 70.4 Å². The molecule has 0 aliphatic carbocycles. The van der Waals surface area contributed by atoms with Gasteiger partial charge in [-0.2, -0.15) is 0 Å². The van der Waals surface area contributed by atoms with Gasteiger partial charge in [-0.05, 0) is 41.8 Å². The lowest BCUT2D eigenvalue weighted by molar-refractivity contribution is 0.421. The molecule has 108 valence electrons. The van der Waals surface area contributed by atoms with Crippen molar-refractivity contribution in [2.45, 2.75) is 59.3 Å². The predicted molar refractivity (Wildman–Crippen MR) is 85.9 cm³/mol. The van der Waals surface area contributed by atoms with E-state index in [1.54, 1.807) is 0 Å². The van der Waals surface area contributed by atoms with E-state index in [-0.39, 0.29) is 0 Å². The van der Waals surface area contributed by atoms with Gasteiger partial charge in [0, 0.05) is 6.54 Å². The third-order valence-electron chi connectivity index (χ3n) is 4.15. The summed E-state index contributed by atoms with van der Waals surface area (Å²) in [4.78, 5) is 0. The van der Waals surface area contributed by atoms with Gasteiger partial charge in [-0.3, -0.25) is 0 Å². The zero-order valence-corrected chi connectivity index (χ0v) is 13.4. The van der Waals surface area contributed by atoms with Crippen molar-refractivity contribution in [3.05, 3.63) is 35.4 Å². The van der Waals surface area contributed by atoms with Crippen LogP contribution >= 0.6 is 0 Å². The van der Waals surface area contributed by atoms with Gasteiger partial charge in [-0.15, -0.1) is 0 Å². The Bertz CT molecular complexity index is 339. The average Bonchev–Trinajstić information content (AvgIpc) is 2.43. The van der Waals surface area contributed by atoms with E-state index in [1.807, 2.05) is 0 Å². The third kappa shape index (κ3) is 4.99. The Kier molecular flexibility index (Phi) is 7.15. The minimum Gasteiger partial charge on any atom is -0.316 e. The van der Waals surface area contributed by atoms with E-state index >= 15 is 0 Å². The van der Waals surface area contributed by atoms with Gasteiger partial charge >= 0.3 is 0 Å². The molecule has 0 aliphatic heterocycles. The second kappa shape index (κ2) is 8.37. The van der Waals surface area contributed by atoms with E-state index in [9.17, 15) is 0 Å². The Morgan fingerprint density at radius 2 is 1.53 bits per heavy atom. The maximum Gasteiger partial charge on any atom is 0.00227 e. The highest BCUT2D eigenvalue weighted by Crippen LogP contribution is 2.27. The summed E-state index contributed by atoms with van der Waals surface area (Å²) in [5.41, 5.74) is 2.93. The van der Waals surface area contributed by atoms with Gasteiger partial charge in [-0.1, -0.05) is 65.3 Å². The normalized spacial score (nSPS) is 14.6. The zero-order valence-electron chi connectivity index (χ0n) is 13.4. The van der Waals surface area contributed by atoms with Crippen LogP contribution in [0.4, 0.5) is 0 Å². The van der Waals surface area contributed by atoms with Crippen molar-refractivity contribution in [1.29, 1.82) is 0 Å². The lowest BCUT2D eigenvalue weighted by Crippen LogP contribution is -2.26. The van der Waals surface area contributed by atoms with Crippen LogP contribution in [0.15, 0.2) is 24.3 Å². The molecule has 1 heteroatoms. The molecule has 1 rings (SSSR count). The summed E-state index contributed by atoms with van der Waals surface area (Å²) in [6, 6.07) is 9.27. The smallest absolute Gasteiger partial charge is 0.00227 e. The molecule has 1 nitrogen and oxygen atoms in total. The number of nitrogens with one attached hydrogen (secondary N) is 1. The fourth-order valence-corrected chi connectivity index (χ4v) is 2.49. The number of hydrogen-bond donors (Lipinski definition) is 1. The molecule has 0 fully saturated rings. The largest absolute Gasteiger partial charge is 0.316 e. The molecule has 0 saturated carbocycles. The summed E-state index contributed by atoms with van der Waals surface area (Å²) in [6.45, 7) is 13.6. The van der Waals surface area contributed by atoms with Gasteiger partial charge in [0.25, 0.3) is 0 Å². The lowest BCUT2D eigenvalue weighted by Gasteiger charge is -2.24. The third-order valence-corrected chi connectivity index (χ3v) is 4.15. The van der Waals surface area contributed by atoms with Crippen molar-refractivity contribution in [1.82, 2.24) is 5.32 Å². The van der Waals surface area contributed by atoms with Crippen LogP contribution in [-0.2, 0) is 0 Å². The Hall–Kier alpha value is -0.820. The molecular weight excluding hydrogens is 230 g/mol. The summed E-state index contributed by atoms with van der Waals surface area (Å²) in [6.07, 6.45) is 2.45. The molecule has 1 aromatic carbocycles. The molecule has 2 atom stereocenters. The molecule has 0 bridgehead atoms.